The van der Waals surface area contributed by atoms with Crippen molar-refractivity contribution >= 4 is 29.0 Å². The maximum absolute atomic E-state index is 12.8. The average molecular weight is 359 g/mol. The molecule has 2 aromatic carbocycles. The summed E-state index contributed by atoms with van der Waals surface area (Å²) in [5.74, 6) is 0.631. The lowest BCUT2D eigenvalue weighted by molar-refractivity contribution is -0.137. The summed E-state index contributed by atoms with van der Waals surface area (Å²) in [4.78, 5) is 12.0. The van der Waals surface area contributed by atoms with Gasteiger partial charge in [-0.25, -0.2) is 4.79 Å². The Bertz CT molecular complexity index is 763. The normalized spacial score (nSPS) is 11.1. The van der Waals surface area contributed by atoms with E-state index in [4.69, 9.17) is 16.3 Å². The highest BCUT2D eigenvalue weighted by molar-refractivity contribution is 6.31. The fourth-order valence-corrected chi connectivity index (χ4v) is 2.23. The molecule has 0 radical (unpaired) electrons. The van der Waals surface area contributed by atoms with E-state index in [9.17, 15) is 18.0 Å². The van der Waals surface area contributed by atoms with E-state index in [2.05, 4.69) is 10.6 Å². The van der Waals surface area contributed by atoms with E-state index in [1.165, 1.54) is 13.2 Å². The van der Waals surface area contributed by atoms with Gasteiger partial charge >= 0.3 is 12.2 Å². The summed E-state index contributed by atoms with van der Waals surface area (Å²) in [5.41, 5.74) is 0.230. The van der Waals surface area contributed by atoms with Crippen LogP contribution in [0.3, 0.4) is 0 Å². The van der Waals surface area contributed by atoms with Gasteiger partial charge in [0.1, 0.15) is 5.75 Å². The third-order valence-electron chi connectivity index (χ3n) is 3.21. The molecule has 24 heavy (non-hydrogen) atoms. The second-order valence-corrected chi connectivity index (χ2v) is 5.36. The van der Waals surface area contributed by atoms with Gasteiger partial charge in [0.25, 0.3) is 0 Å². The van der Waals surface area contributed by atoms with Crippen molar-refractivity contribution in [2.75, 3.05) is 17.7 Å². The van der Waals surface area contributed by atoms with Crippen molar-refractivity contribution in [2.45, 2.75) is 13.1 Å². The van der Waals surface area contributed by atoms with Crippen LogP contribution in [0, 0.1) is 6.92 Å². The van der Waals surface area contributed by atoms with Crippen molar-refractivity contribution in [2.24, 2.45) is 0 Å². The minimum Gasteiger partial charge on any atom is -0.497 e. The molecule has 0 aliphatic rings. The molecule has 2 amide bonds. The van der Waals surface area contributed by atoms with Gasteiger partial charge in [-0.15, -0.1) is 0 Å². The maximum atomic E-state index is 12.8. The van der Waals surface area contributed by atoms with Crippen molar-refractivity contribution in [3.05, 3.63) is 52.5 Å². The maximum Gasteiger partial charge on any atom is 0.417 e. The number of urea groups is 1. The van der Waals surface area contributed by atoms with Crippen LogP contribution in [0.4, 0.5) is 29.3 Å². The van der Waals surface area contributed by atoms with Crippen LogP contribution in [0.5, 0.6) is 5.75 Å². The topological polar surface area (TPSA) is 50.4 Å². The number of halogens is 4. The molecule has 2 aromatic rings. The standard InChI is InChI=1S/C16H14ClF3N2O2/c1-9-7-11(24-2)4-6-14(9)22-15(23)21-10-3-5-13(17)12(8-10)16(18,19)20/h3-8H,1-2H3,(H2,21,22,23). The number of methoxy groups -OCH3 is 1. The molecule has 0 spiro atoms. The summed E-state index contributed by atoms with van der Waals surface area (Å²) in [6, 6.07) is 7.50. The quantitative estimate of drug-likeness (QED) is 0.780. The lowest BCUT2D eigenvalue weighted by Gasteiger charge is -2.13. The number of anilines is 2. The Balaban J connectivity index is 2.13. The van der Waals surface area contributed by atoms with Gasteiger partial charge in [-0.2, -0.15) is 13.2 Å². The van der Waals surface area contributed by atoms with Crippen molar-refractivity contribution < 1.29 is 22.7 Å². The summed E-state index contributed by atoms with van der Waals surface area (Å²) in [6.07, 6.45) is -4.60. The first-order chi connectivity index (χ1) is 11.2. The monoisotopic (exact) mass is 358 g/mol. The molecular formula is C16H14ClF3N2O2. The molecule has 0 aliphatic carbocycles. The number of alkyl halides is 3. The molecule has 0 bridgehead atoms. The predicted octanol–water partition coefficient (Wildman–Crippen LogP) is 5.32. The van der Waals surface area contributed by atoms with Crippen LogP contribution in [0.15, 0.2) is 36.4 Å². The molecule has 8 heteroatoms. The van der Waals surface area contributed by atoms with Crippen molar-refractivity contribution in [1.29, 1.82) is 0 Å². The van der Waals surface area contributed by atoms with Crippen molar-refractivity contribution in [3.63, 3.8) is 0 Å². The van der Waals surface area contributed by atoms with Crippen LogP contribution in [-0.4, -0.2) is 13.1 Å². The highest BCUT2D eigenvalue weighted by Gasteiger charge is 2.33. The summed E-state index contributed by atoms with van der Waals surface area (Å²) in [5, 5.41) is 4.48. The van der Waals surface area contributed by atoms with Crippen LogP contribution >= 0.6 is 11.6 Å². The van der Waals surface area contributed by atoms with E-state index in [1.807, 2.05) is 0 Å². The van der Waals surface area contributed by atoms with Crippen LogP contribution in [0.1, 0.15) is 11.1 Å². The van der Waals surface area contributed by atoms with Gasteiger partial charge in [0.05, 0.1) is 17.7 Å². The molecule has 128 valence electrons. The summed E-state index contributed by atoms with van der Waals surface area (Å²) in [6.45, 7) is 1.77. The summed E-state index contributed by atoms with van der Waals surface area (Å²) in [7, 11) is 1.52. The molecule has 2 N–H and O–H groups in total. The average Bonchev–Trinajstić information content (AvgIpc) is 2.50. The zero-order valence-electron chi connectivity index (χ0n) is 12.8. The highest BCUT2D eigenvalue weighted by Crippen LogP contribution is 2.36. The fourth-order valence-electron chi connectivity index (χ4n) is 2.01. The third-order valence-corrected chi connectivity index (χ3v) is 3.54. The van der Waals surface area contributed by atoms with Gasteiger partial charge in [-0.1, -0.05) is 11.6 Å². The number of carbonyl (C=O) groups excluding carboxylic acids is 1. The Hall–Kier alpha value is -2.41. The molecule has 0 aliphatic heterocycles. The Labute approximate surface area is 141 Å². The van der Waals surface area contributed by atoms with E-state index in [0.717, 1.165) is 17.7 Å². The molecule has 0 unspecified atom stereocenters. The highest BCUT2D eigenvalue weighted by atomic mass is 35.5. The van der Waals surface area contributed by atoms with Crippen molar-refractivity contribution in [3.8, 4) is 5.75 Å². The second kappa shape index (κ2) is 7.00. The Morgan fingerprint density at radius 3 is 2.42 bits per heavy atom. The van der Waals surface area contributed by atoms with Gasteiger partial charge in [0.2, 0.25) is 0 Å². The minimum absolute atomic E-state index is 0.0182. The molecule has 4 nitrogen and oxygen atoms in total. The number of aryl methyl sites for hydroxylation is 1. The van der Waals surface area contributed by atoms with E-state index in [0.29, 0.717) is 11.4 Å². The number of amides is 2. The van der Waals surface area contributed by atoms with Crippen molar-refractivity contribution in [1.82, 2.24) is 0 Å². The summed E-state index contributed by atoms with van der Waals surface area (Å²) >= 11 is 5.54. The SMILES string of the molecule is COc1ccc(NC(=O)Nc2ccc(Cl)c(C(F)(F)F)c2)c(C)c1. The van der Waals surface area contributed by atoms with E-state index >= 15 is 0 Å². The third kappa shape index (κ3) is 4.32. The van der Waals surface area contributed by atoms with Gasteiger partial charge in [-0.05, 0) is 48.9 Å². The molecule has 0 heterocycles. The fraction of sp³-hybridized carbons (Fsp3) is 0.188. The Kier molecular flexibility index (Phi) is 5.23. The van der Waals surface area contributed by atoms with Crippen LogP contribution in [-0.2, 0) is 6.18 Å². The first kappa shape index (κ1) is 17.9. The molecule has 0 aromatic heterocycles. The molecule has 0 saturated heterocycles. The predicted molar refractivity (Wildman–Crippen MR) is 86.8 cm³/mol. The molecular weight excluding hydrogens is 345 g/mol. The van der Waals surface area contributed by atoms with E-state index < -0.39 is 22.8 Å². The first-order valence-electron chi connectivity index (χ1n) is 6.80. The van der Waals surface area contributed by atoms with Gasteiger partial charge in [0, 0.05) is 11.4 Å². The number of ether oxygens (including phenoxy) is 1. The molecule has 2 rings (SSSR count). The van der Waals surface area contributed by atoms with Crippen LogP contribution in [0.2, 0.25) is 5.02 Å². The number of carbonyl (C=O) groups is 1. The van der Waals surface area contributed by atoms with Gasteiger partial charge in [0.15, 0.2) is 0 Å². The Morgan fingerprint density at radius 1 is 1.12 bits per heavy atom. The lowest BCUT2D eigenvalue weighted by atomic mass is 10.2. The zero-order chi connectivity index (χ0) is 17.9. The molecule has 0 fully saturated rings. The number of benzene rings is 2. The Morgan fingerprint density at radius 2 is 1.83 bits per heavy atom. The van der Waals surface area contributed by atoms with Crippen LogP contribution in [0.25, 0.3) is 0 Å². The smallest absolute Gasteiger partial charge is 0.417 e. The summed E-state index contributed by atoms with van der Waals surface area (Å²) < 4.78 is 43.5. The number of hydrogen-bond donors (Lipinski definition) is 2. The number of rotatable bonds is 3. The zero-order valence-corrected chi connectivity index (χ0v) is 13.5. The minimum atomic E-state index is -4.60. The number of nitrogens with one attached hydrogen (secondary N) is 2. The molecule has 0 saturated carbocycles. The van der Waals surface area contributed by atoms with Crippen LogP contribution < -0.4 is 15.4 Å². The van der Waals surface area contributed by atoms with Gasteiger partial charge < -0.3 is 15.4 Å². The van der Waals surface area contributed by atoms with Gasteiger partial charge in [-0.3, -0.25) is 0 Å². The largest absolute Gasteiger partial charge is 0.497 e. The molecule has 0 atom stereocenters. The second-order valence-electron chi connectivity index (χ2n) is 4.95. The lowest BCUT2D eigenvalue weighted by Crippen LogP contribution is -2.20. The first-order valence-corrected chi connectivity index (χ1v) is 7.18. The number of hydrogen-bond acceptors (Lipinski definition) is 2. The van der Waals surface area contributed by atoms with E-state index in [-0.39, 0.29) is 5.69 Å². The van der Waals surface area contributed by atoms with E-state index in [1.54, 1.807) is 25.1 Å².